The zero-order valence-electron chi connectivity index (χ0n) is 18.0. The number of esters is 1. The maximum Gasteiger partial charge on any atom is 0.305 e. The second-order valence-electron chi connectivity index (χ2n) is 9.83. The van der Waals surface area contributed by atoms with Gasteiger partial charge in [0.25, 0.3) is 0 Å². The molecule has 7 heteroatoms. The Bertz CT molecular complexity index is 756. The minimum absolute atomic E-state index is 0.0649. The minimum atomic E-state index is -1.11. The molecule has 3 aliphatic carbocycles. The summed E-state index contributed by atoms with van der Waals surface area (Å²) in [6.45, 7) is 3.29. The van der Waals surface area contributed by atoms with E-state index in [2.05, 4.69) is 17.1 Å². The zero-order chi connectivity index (χ0) is 21.6. The van der Waals surface area contributed by atoms with Gasteiger partial charge in [0, 0.05) is 6.42 Å². The molecule has 0 aromatic carbocycles. The maximum absolute atomic E-state index is 13.2. The second-order valence-corrected chi connectivity index (χ2v) is 9.83. The van der Waals surface area contributed by atoms with Crippen LogP contribution in [0.1, 0.15) is 57.8 Å². The molecule has 4 aliphatic rings. The second kappa shape index (κ2) is 7.66. The van der Waals surface area contributed by atoms with Gasteiger partial charge in [0.05, 0.1) is 17.9 Å². The van der Waals surface area contributed by atoms with Crippen molar-refractivity contribution in [2.45, 2.75) is 57.8 Å². The Labute approximate surface area is 178 Å². The Kier molecular flexibility index (Phi) is 5.45. The number of carbonyl (C=O) groups excluding carboxylic acids is 3. The molecule has 2 amide bonds. The van der Waals surface area contributed by atoms with Crippen LogP contribution in [0.4, 0.5) is 0 Å². The number of primary amides is 2. The number of allylic oxidation sites excluding steroid dienone is 2. The molecule has 30 heavy (non-hydrogen) atoms. The summed E-state index contributed by atoms with van der Waals surface area (Å²) >= 11 is 0. The first-order valence-electron chi connectivity index (χ1n) is 11.4. The number of rotatable bonds is 10. The third-order valence-corrected chi connectivity index (χ3v) is 8.74. The van der Waals surface area contributed by atoms with Gasteiger partial charge in [0.1, 0.15) is 0 Å². The number of likely N-dealkylation sites (tertiary alicyclic amines) is 1. The standard InChI is InChI=1S/C23H35N3O4/c1-30-18(27)8-10-23(20(25)29)17-7-6-16(21(17)11-12-21)22(23,19(24)28)9-2-3-13-26-14-4-5-15-26/h6-7,16-17H,2-5,8-15H2,1H3,(H2,24,28)(H2,25,29)/t16-,17+,22+,23+/m1/s1. The fourth-order valence-corrected chi connectivity index (χ4v) is 7.33. The molecule has 3 fully saturated rings. The lowest BCUT2D eigenvalue weighted by Crippen LogP contribution is -2.59. The SMILES string of the molecule is COC(=O)CC[C@@]1(C(N)=O)[C@H]2C=C[C@H](C23CC3)[C@@]1(CCCCN1CCCC1)C(N)=O. The molecule has 2 bridgehead atoms. The predicted molar refractivity (Wildman–Crippen MR) is 112 cm³/mol. The smallest absolute Gasteiger partial charge is 0.305 e. The number of hydrogen-bond donors (Lipinski definition) is 2. The van der Waals surface area contributed by atoms with Gasteiger partial charge in [0.2, 0.25) is 11.8 Å². The zero-order valence-corrected chi connectivity index (χ0v) is 18.0. The van der Waals surface area contributed by atoms with Gasteiger partial charge in [0.15, 0.2) is 0 Å². The monoisotopic (exact) mass is 417 g/mol. The Morgan fingerprint density at radius 1 is 0.967 bits per heavy atom. The summed E-state index contributed by atoms with van der Waals surface area (Å²) in [4.78, 5) is 40.7. The average molecular weight is 418 g/mol. The van der Waals surface area contributed by atoms with Crippen LogP contribution in [0.3, 0.4) is 0 Å². The van der Waals surface area contributed by atoms with Crippen molar-refractivity contribution in [1.82, 2.24) is 4.90 Å². The van der Waals surface area contributed by atoms with Crippen LogP contribution in [0.2, 0.25) is 0 Å². The molecule has 1 aliphatic heterocycles. The minimum Gasteiger partial charge on any atom is -0.469 e. The van der Waals surface area contributed by atoms with Crippen molar-refractivity contribution < 1.29 is 19.1 Å². The largest absolute Gasteiger partial charge is 0.469 e. The van der Waals surface area contributed by atoms with Crippen molar-refractivity contribution >= 4 is 17.8 Å². The van der Waals surface area contributed by atoms with E-state index in [-0.39, 0.29) is 36.1 Å². The van der Waals surface area contributed by atoms with Gasteiger partial charge in [-0.25, -0.2) is 0 Å². The van der Waals surface area contributed by atoms with Gasteiger partial charge in [-0.15, -0.1) is 0 Å². The number of methoxy groups -OCH3 is 1. The topological polar surface area (TPSA) is 116 Å². The molecular weight excluding hydrogens is 382 g/mol. The molecule has 4 N–H and O–H groups in total. The Balaban J connectivity index is 1.64. The van der Waals surface area contributed by atoms with Crippen LogP contribution < -0.4 is 11.5 Å². The molecule has 1 saturated heterocycles. The van der Waals surface area contributed by atoms with Gasteiger partial charge >= 0.3 is 5.97 Å². The lowest BCUT2D eigenvalue weighted by molar-refractivity contribution is -0.155. The highest BCUT2D eigenvalue weighted by Gasteiger charge is 2.81. The summed E-state index contributed by atoms with van der Waals surface area (Å²) in [5, 5.41) is 0. The van der Waals surface area contributed by atoms with E-state index in [1.165, 1.54) is 20.0 Å². The third kappa shape index (κ3) is 2.84. The molecule has 7 nitrogen and oxygen atoms in total. The number of carbonyl (C=O) groups is 3. The molecular formula is C23H35N3O4. The van der Waals surface area contributed by atoms with Crippen LogP contribution in [0.5, 0.6) is 0 Å². The van der Waals surface area contributed by atoms with Crippen LogP contribution >= 0.6 is 0 Å². The first kappa shape index (κ1) is 21.3. The van der Waals surface area contributed by atoms with Crippen molar-refractivity contribution in [3.05, 3.63) is 12.2 Å². The number of hydrogen-bond acceptors (Lipinski definition) is 5. The van der Waals surface area contributed by atoms with Crippen LogP contribution in [-0.2, 0) is 19.1 Å². The van der Waals surface area contributed by atoms with Crippen LogP contribution in [0.25, 0.3) is 0 Å². The first-order valence-corrected chi connectivity index (χ1v) is 11.4. The molecule has 0 unspecified atom stereocenters. The third-order valence-electron chi connectivity index (χ3n) is 8.74. The quantitative estimate of drug-likeness (QED) is 0.319. The highest BCUT2D eigenvalue weighted by molar-refractivity contribution is 5.95. The molecule has 2 saturated carbocycles. The summed E-state index contributed by atoms with van der Waals surface area (Å²) in [7, 11) is 1.34. The normalized spacial score (nSPS) is 35.8. The van der Waals surface area contributed by atoms with E-state index >= 15 is 0 Å². The highest BCUT2D eigenvalue weighted by atomic mass is 16.5. The Morgan fingerprint density at radius 2 is 1.53 bits per heavy atom. The van der Waals surface area contributed by atoms with Crippen LogP contribution in [0, 0.1) is 28.1 Å². The molecule has 0 radical (unpaired) electrons. The summed E-state index contributed by atoms with van der Waals surface area (Å²) in [6.07, 6.45) is 11.3. The van der Waals surface area contributed by atoms with E-state index in [0.717, 1.165) is 45.3 Å². The number of ether oxygens (including phenoxy) is 1. The molecule has 1 heterocycles. The van der Waals surface area contributed by atoms with E-state index in [1.54, 1.807) is 0 Å². The van der Waals surface area contributed by atoms with Crippen molar-refractivity contribution in [1.29, 1.82) is 0 Å². The maximum atomic E-state index is 13.2. The van der Waals surface area contributed by atoms with Gasteiger partial charge in [-0.2, -0.15) is 0 Å². The van der Waals surface area contributed by atoms with Gasteiger partial charge in [-0.05, 0) is 81.8 Å². The average Bonchev–Trinajstić information content (AvgIpc) is 3.09. The summed E-state index contributed by atoms with van der Waals surface area (Å²) in [5.74, 6) is -1.50. The molecule has 166 valence electrons. The Hall–Kier alpha value is -1.89. The first-order chi connectivity index (χ1) is 14.3. The number of nitrogens with two attached hydrogens (primary N) is 2. The molecule has 1 spiro atoms. The lowest BCUT2D eigenvalue weighted by atomic mass is 9.53. The Morgan fingerprint density at radius 3 is 2.03 bits per heavy atom. The van der Waals surface area contributed by atoms with Crippen molar-refractivity contribution in [3.8, 4) is 0 Å². The van der Waals surface area contributed by atoms with Gasteiger partial charge in [-0.3, -0.25) is 14.4 Å². The van der Waals surface area contributed by atoms with E-state index in [1.807, 2.05) is 0 Å². The lowest BCUT2D eigenvalue weighted by Gasteiger charge is -2.48. The summed E-state index contributed by atoms with van der Waals surface area (Å²) in [6, 6.07) is 0. The van der Waals surface area contributed by atoms with Crippen molar-refractivity contribution in [2.75, 3.05) is 26.7 Å². The molecule has 4 rings (SSSR count). The van der Waals surface area contributed by atoms with Crippen LogP contribution in [-0.4, -0.2) is 49.4 Å². The van der Waals surface area contributed by atoms with Crippen molar-refractivity contribution in [3.63, 3.8) is 0 Å². The highest BCUT2D eigenvalue weighted by Crippen LogP contribution is 2.81. The van der Waals surface area contributed by atoms with Gasteiger partial charge < -0.3 is 21.1 Å². The number of unbranched alkanes of at least 4 members (excludes halogenated alkanes) is 1. The van der Waals surface area contributed by atoms with Gasteiger partial charge in [-0.1, -0.05) is 18.6 Å². The van der Waals surface area contributed by atoms with Crippen molar-refractivity contribution in [2.24, 2.45) is 39.5 Å². The number of amides is 2. The number of nitrogens with zero attached hydrogens (tertiary/aromatic N) is 1. The van der Waals surface area contributed by atoms with Crippen LogP contribution in [0.15, 0.2) is 12.2 Å². The summed E-state index contributed by atoms with van der Waals surface area (Å²) < 4.78 is 4.84. The van der Waals surface area contributed by atoms with E-state index in [0.29, 0.717) is 6.42 Å². The molecule has 0 aromatic rings. The van der Waals surface area contributed by atoms with E-state index in [4.69, 9.17) is 16.2 Å². The molecule has 4 atom stereocenters. The molecule has 0 aromatic heterocycles. The predicted octanol–water partition coefficient (Wildman–Crippen LogP) is 1.75. The van der Waals surface area contributed by atoms with E-state index in [9.17, 15) is 14.4 Å². The van der Waals surface area contributed by atoms with E-state index < -0.39 is 22.6 Å². The summed E-state index contributed by atoms with van der Waals surface area (Å²) in [5.41, 5.74) is 9.97. The fourth-order valence-electron chi connectivity index (χ4n) is 7.33. The fraction of sp³-hybridized carbons (Fsp3) is 0.783.